The number of nitriles is 1. The molecule has 1 amide bonds. The van der Waals surface area contributed by atoms with Gasteiger partial charge in [0.15, 0.2) is 0 Å². The molecule has 0 saturated carbocycles. The smallest absolute Gasteiger partial charge is 0.228 e. The predicted molar refractivity (Wildman–Crippen MR) is 94.7 cm³/mol. The van der Waals surface area contributed by atoms with Crippen molar-refractivity contribution in [3.05, 3.63) is 54.0 Å². The number of amides is 1. The molecule has 125 valence electrons. The first-order valence-electron chi connectivity index (χ1n) is 8.21. The molecule has 24 heavy (non-hydrogen) atoms. The number of phenolic OH excluding ortho intramolecular Hbond substituents is 1. The molecule has 1 aliphatic rings. The Morgan fingerprint density at radius 1 is 1.42 bits per heavy atom. The van der Waals surface area contributed by atoms with Gasteiger partial charge in [-0.2, -0.15) is 5.26 Å². The van der Waals surface area contributed by atoms with Crippen molar-refractivity contribution in [1.82, 2.24) is 5.32 Å². The Morgan fingerprint density at radius 3 is 2.88 bits per heavy atom. The molecule has 1 aromatic rings. The van der Waals surface area contributed by atoms with Gasteiger partial charge in [-0.15, -0.1) is 0 Å². The molecule has 0 bridgehead atoms. The van der Waals surface area contributed by atoms with Gasteiger partial charge in [-0.3, -0.25) is 4.79 Å². The summed E-state index contributed by atoms with van der Waals surface area (Å²) in [6, 6.07) is 9.03. The summed E-state index contributed by atoms with van der Waals surface area (Å²) >= 11 is 0. The number of allylic oxidation sites excluding steroid dienone is 3. The van der Waals surface area contributed by atoms with Crippen LogP contribution in [0.3, 0.4) is 0 Å². The molecule has 4 nitrogen and oxygen atoms in total. The van der Waals surface area contributed by atoms with E-state index in [1.807, 2.05) is 24.3 Å². The van der Waals surface area contributed by atoms with Crippen molar-refractivity contribution in [3.63, 3.8) is 0 Å². The van der Waals surface area contributed by atoms with Gasteiger partial charge in [0.25, 0.3) is 0 Å². The molecule has 0 spiro atoms. The fraction of sp³-hybridized carbons (Fsp3) is 0.350. The van der Waals surface area contributed by atoms with E-state index in [1.54, 1.807) is 18.2 Å². The lowest BCUT2D eigenvalue weighted by Gasteiger charge is -2.25. The largest absolute Gasteiger partial charge is 0.508 e. The maximum atomic E-state index is 12.6. The molecule has 4 heteroatoms. The Morgan fingerprint density at radius 2 is 2.21 bits per heavy atom. The average Bonchev–Trinajstić information content (AvgIpc) is 2.57. The minimum absolute atomic E-state index is 0.00952. The van der Waals surface area contributed by atoms with E-state index >= 15 is 0 Å². The fourth-order valence-corrected chi connectivity index (χ4v) is 2.95. The highest BCUT2D eigenvalue weighted by molar-refractivity contribution is 5.89. The number of nitrogens with zero attached hydrogens (tertiary/aromatic N) is 1. The first-order valence-corrected chi connectivity index (χ1v) is 8.21. The predicted octanol–water partition coefficient (Wildman–Crippen LogP) is 3.61. The summed E-state index contributed by atoms with van der Waals surface area (Å²) in [6.07, 6.45) is 7.61. The van der Waals surface area contributed by atoms with Crippen LogP contribution in [-0.2, 0) is 4.79 Å². The monoisotopic (exact) mass is 323 g/mol. The number of phenols is 1. The summed E-state index contributed by atoms with van der Waals surface area (Å²) in [5, 5.41) is 21.2. The van der Waals surface area contributed by atoms with Crippen LogP contribution in [0.4, 0.5) is 0 Å². The quantitative estimate of drug-likeness (QED) is 0.785. The second kappa shape index (κ2) is 8.35. The van der Waals surface area contributed by atoms with Crippen LogP contribution in [0, 0.1) is 29.6 Å². The number of nitrogens with one attached hydrogen (secondary N) is 1. The molecule has 0 fully saturated rings. The molecule has 2 N–H and O–H groups in total. The van der Waals surface area contributed by atoms with Crippen LogP contribution in [0.1, 0.15) is 32.3 Å². The van der Waals surface area contributed by atoms with Crippen molar-refractivity contribution in [2.75, 3.05) is 6.54 Å². The first-order chi connectivity index (χ1) is 11.5. The molecule has 2 rings (SSSR count). The Bertz CT molecular complexity index is 696. The summed E-state index contributed by atoms with van der Waals surface area (Å²) in [4.78, 5) is 12.6. The van der Waals surface area contributed by atoms with Crippen molar-refractivity contribution in [2.24, 2.45) is 11.8 Å². The van der Waals surface area contributed by atoms with Crippen LogP contribution in [0.2, 0.25) is 0 Å². The standard InChI is InChI=1S/C20H23N2O2/c1-14(2)12-19(20(24)22-11-10-21)18-9-4-3-8-17(18)15-6-5-7-16(23)13-15/h4-9,13-14,19,23H,3,11-12H2,1-2H3,(H,22,24). The van der Waals surface area contributed by atoms with Crippen LogP contribution >= 0.6 is 0 Å². The van der Waals surface area contributed by atoms with Gasteiger partial charge in [-0.1, -0.05) is 38.1 Å². The third kappa shape index (κ3) is 4.48. The number of carbonyl (C=O) groups excluding carboxylic acids is 1. The van der Waals surface area contributed by atoms with Gasteiger partial charge >= 0.3 is 0 Å². The SMILES string of the molecule is CC(C)CC(C(=O)NCC#N)C1=C(c2cccc(O)c2)[CH]CC=C1. The summed E-state index contributed by atoms with van der Waals surface area (Å²) in [5.41, 5.74) is 2.82. The van der Waals surface area contributed by atoms with E-state index in [2.05, 4.69) is 25.6 Å². The van der Waals surface area contributed by atoms with Crippen molar-refractivity contribution >= 4 is 11.5 Å². The molecule has 0 saturated heterocycles. The highest BCUT2D eigenvalue weighted by Crippen LogP contribution is 2.35. The second-order valence-electron chi connectivity index (χ2n) is 6.32. The molecule has 1 aliphatic carbocycles. The Hall–Kier alpha value is -2.54. The lowest BCUT2D eigenvalue weighted by molar-refractivity contribution is -0.124. The van der Waals surface area contributed by atoms with Crippen molar-refractivity contribution in [2.45, 2.75) is 26.7 Å². The van der Waals surface area contributed by atoms with Gasteiger partial charge in [0.1, 0.15) is 12.3 Å². The van der Waals surface area contributed by atoms with Crippen molar-refractivity contribution < 1.29 is 9.90 Å². The number of hydrogen-bond acceptors (Lipinski definition) is 3. The lowest BCUT2D eigenvalue weighted by Crippen LogP contribution is -2.33. The zero-order valence-electron chi connectivity index (χ0n) is 14.1. The third-order valence-corrected chi connectivity index (χ3v) is 3.96. The van der Waals surface area contributed by atoms with E-state index in [0.717, 1.165) is 23.1 Å². The Labute approximate surface area is 143 Å². The Kier molecular flexibility index (Phi) is 6.20. The van der Waals surface area contributed by atoms with Gasteiger partial charge in [0.2, 0.25) is 5.91 Å². The summed E-state index contributed by atoms with van der Waals surface area (Å²) in [6.45, 7) is 4.17. The zero-order chi connectivity index (χ0) is 17.5. The maximum Gasteiger partial charge on any atom is 0.228 e. The van der Waals surface area contributed by atoms with Gasteiger partial charge < -0.3 is 10.4 Å². The number of carbonyl (C=O) groups is 1. The van der Waals surface area contributed by atoms with Crippen LogP contribution in [0.15, 0.2) is 42.0 Å². The zero-order valence-corrected chi connectivity index (χ0v) is 14.1. The van der Waals surface area contributed by atoms with E-state index in [1.165, 1.54) is 0 Å². The van der Waals surface area contributed by atoms with E-state index in [9.17, 15) is 9.90 Å². The molecule has 0 aromatic heterocycles. The Balaban J connectivity index is 2.44. The van der Waals surface area contributed by atoms with E-state index in [-0.39, 0.29) is 24.1 Å². The van der Waals surface area contributed by atoms with Crippen LogP contribution in [0.25, 0.3) is 5.57 Å². The molecule has 1 atom stereocenters. The van der Waals surface area contributed by atoms with E-state index < -0.39 is 0 Å². The number of aromatic hydroxyl groups is 1. The summed E-state index contributed by atoms with van der Waals surface area (Å²) in [7, 11) is 0. The normalized spacial score (nSPS) is 15.2. The fourth-order valence-electron chi connectivity index (χ4n) is 2.95. The molecule has 0 aliphatic heterocycles. The highest BCUT2D eigenvalue weighted by Gasteiger charge is 2.26. The minimum Gasteiger partial charge on any atom is -0.508 e. The van der Waals surface area contributed by atoms with Gasteiger partial charge in [0.05, 0.1) is 12.0 Å². The van der Waals surface area contributed by atoms with Gasteiger partial charge in [0, 0.05) is 0 Å². The third-order valence-electron chi connectivity index (χ3n) is 3.96. The number of rotatable bonds is 6. The minimum atomic E-state index is -0.316. The molecule has 1 unspecified atom stereocenters. The summed E-state index contributed by atoms with van der Waals surface area (Å²) in [5.74, 6) is 0.106. The van der Waals surface area contributed by atoms with E-state index in [4.69, 9.17) is 5.26 Å². The molecule has 1 radical (unpaired) electrons. The second-order valence-corrected chi connectivity index (χ2v) is 6.32. The van der Waals surface area contributed by atoms with Crippen LogP contribution in [-0.4, -0.2) is 17.6 Å². The molecule has 0 heterocycles. The van der Waals surface area contributed by atoms with Crippen LogP contribution in [0.5, 0.6) is 5.75 Å². The van der Waals surface area contributed by atoms with Crippen molar-refractivity contribution in [1.29, 1.82) is 5.26 Å². The van der Waals surface area contributed by atoms with Crippen LogP contribution < -0.4 is 5.32 Å². The highest BCUT2D eigenvalue weighted by atomic mass is 16.3. The molecular formula is C20H23N2O2. The topological polar surface area (TPSA) is 73.1 Å². The number of hydrogen-bond donors (Lipinski definition) is 2. The van der Waals surface area contributed by atoms with Gasteiger partial charge in [-0.25, -0.2) is 0 Å². The maximum absolute atomic E-state index is 12.6. The molecular weight excluding hydrogens is 300 g/mol. The first kappa shape index (κ1) is 17.8. The van der Waals surface area contributed by atoms with E-state index in [0.29, 0.717) is 12.3 Å². The van der Waals surface area contributed by atoms with Gasteiger partial charge in [-0.05, 0) is 54.0 Å². The lowest BCUT2D eigenvalue weighted by atomic mass is 9.81. The van der Waals surface area contributed by atoms with Crippen molar-refractivity contribution in [3.8, 4) is 11.8 Å². The number of benzene rings is 1. The summed E-state index contributed by atoms with van der Waals surface area (Å²) < 4.78 is 0. The molecule has 1 aromatic carbocycles. The average molecular weight is 323 g/mol.